The molecule has 0 radical (unpaired) electrons. The molecular formula is C7H2ClF4NO2. The van der Waals surface area contributed by atoms with E-state index in [4.69, 9.17) is 11.6 Å². The van der Waals surface area contributed by atoms with Gasteiger partial charge >= 0.3 is 6.36 Å². The second kappa shape index (κ2) is 4.01. The van der Waals surface area contributed by atoms with Crippen LogP contribution >= 0.6 is 11.6 Å². The lowest BCUT2D eigenvalue weighted by molar-refractivity contribution is -0.274. The molecule has 0 amide bonds. The SMILES string of the molecule is O=C(Cl)c1nc(F)ccc1OC(F)(F)F. The number of aromatic nitrogens is 1. The van der Waals surface area contributed by atoms with Crippen molar-refractivity contribution in [1.29, 1.82) is 0 Å². The summed E-state index contributed by atoms with van der Waals surface area (Å²) in [5, 5.41) is -1.34. The fourth-order valence-electron chi connectivity index (χ4n) is 0.770. The van der Waals surface area contributed by atoms with Gasteiger partial charge in [-0.25, -0.2) is 4.98 Å². The number of alkyl halides is 3. The molecule has 15 heavy (non-hydrogen) atoms. The lowest BCUT2D eigenvalue weighted by atomic mass is 10.3. The van der Waals surface area contributed by atoms with Crippen molar-refractivity contribution in [3.8, 4) is 5.75 Å². The molecule has 0 aromatic carbocycles. The number of hydrogen-bond acceptors (Lipinski definition) is 3. The van der Waals surface area contributed by atoms with Crippen LogP contribution in [0.4, 0.5) is 17.6 Å². The minimum Gasteiger partial charge on any atom is -0.403 e. The molecule has 0 bridgehead atoms. The number of nitrogens with zero attached hydrogens (tertiary/aromatic N) is 1. The molecule has 0 saturated carbocycles. The summed E-state index contributed by atoms with van der Waals surface area (Å²) >= 11 is 4.89. The van der Waals surface area contributed by atoms with Gasteiger partial charge in [-0.05, 0) is 23.7 Å². The van der Waals surface area contributed by atoms with Gasteiger partial charge in [-0.2, -0.15) is 4.39 Å². The highest BCUT2D eigenvalue weighted by Crippen LogP contribution is 2.26. The molecule has 1 heterocycles. The zero-order chi connectivity index (χ0) is 11.6. The van der Waals surface area contributed by atoms with E-state index in [0.717, 1.165) is 0 Å². The van der Waals surface area contributed by atoms with Crippen molar-refractivity contribution in [3.63, 3.8) is 0 Å². The first-order valence-corrected chi connectivity index (χ1v) is 3.79. The van der Waals surface area contributed by atoms with Gasteiger partial charge in [-0.15, -0.1) is 13.2 Å². The molecular weight excluding hydrogens is 242 g/mol. The molecule has 1 aromatic heterocycles. The third kappa shape index (κ3) is 3.35. The Hall–Kier alpha value is -1.37. The maximum absolute atomic E-state index is 12.5. The summed E-state index contributed by atoms with van der Waals surface area (Å²) in [6.45, 7) is 0. The number of halogens is 5. The molecule has 0 unspecified atom stereocenters. The average Bonchev–Trinajstić information content (AvgIpc) is 2.05. The van der Waals surface area contributed by atoms with Crippen molar-refractivity contribution in [2.45, 2.75) is 6.36 Å². The highest BCUT2D eigenvalue weighted by Gasteiger charge is 2.33. The summed E-state index contributed by atoms with van der Waals surface area (Å²) in [5.41, 5.74) is -0.922. The molecule has 3 nitrogen and oxygen atoms in total. The maximum atomic E-state index is 12.5. The van der Waals surface area contributed by atoms with Gasteiger partial charge in [0.2, 0.25) is 5.95 Å². The molecule has 0 aliphatic rings. The highest BCUT2D eigenvalue weighted by atomic mass is 35.5. The Morgan fingerprint density at radius 3 is 2.47 bits per heavy atom. The van der Waals surface area contributed by atoms with Gasteiger partial charge in [-0.1, -0.05) is 0 Å². The third-order valence-corrected chi connectivity index (χ3v) is 1.42. The van der Waals surface area contributed by atoms with Crippen LogP contribution in [0.3, 0.4) is 0 Å². The summed E-state index contributed by atoms with van der Waals surface area (Å²) in [7, 11) is 0. The van der Waals surface area contributed by atoms with E-state index >= 15 is 0 Å². The Bertz CT molecular complexity index is 393. The van der Waals surface area contributed by atoms with Crippen molar-refractivity contribution >= 4 is 16.8 Å². The predicted octanol–water partition coefficient (Wildman–Crippen LogP) is 2.50. The van der Waals surface area contributed by atoms with Gasteiger partial charge in [0.1, 0.15) is 0 Å². The zero-order valence-electron chi connectivity index (χ0n) is 6.81. The maximum Gasteiger partial charge on any atom is 0.573 e. The minimum absolute atomic E-state index is 0.615. The van der Waals surface area contributed by atoms with Gasteiger partial charge in [0.05, 0.1) is 0 Å². The quantitative estimate of drug-likeness (QED) is 0.455. The van der Waals surface area contributed by atoms with E-state index in [1.54, 1.807) is 0 Å². The van der Waals surface area contributed by atoms with Crippen molar-refractivity contribution in [3.05, 3.63) is 23.8 Å². The van der Waals surface area contributed by atoms with Crippen LogP contribution in [0, 0.1) is 5.95 Å². The zero-order valence-corrected chi connectivity index (χ0v) is 7.56. The number of carbonyl (C=O) groups is 1. The lowest BCUT2D eigenvalue weighted by Crippen LogP contribution is -2.19. The first-order valence-electron chi connectivity index (χ1n) is 3.42. The molecule has 0 atom stereocenters. The second-order valence-electron chi connectivity index (χ2n) is 2.30. The van der Waals surface area contributed by atoms with Crippen LogP contribution in [0.15, 0.2) is 12.1 Å². The first-order chi connectivity index (χ1) is 6.79. The summed E-state index contributed by atoms with van der Waals surface area (Å²) in [6.07, 6.45) is -5.00. The van der Waals surface area contributed by atoms with Crippen molar-refractivity contribution in [2.24, 2.45) is 0 Å². The predicted molar refractivity (Wildman–Crippen MR) is 41.1 cm³/mol. The molecule has 1 aromatic rings. The van der Waals surface area contributed by atoms with Gasteiger partial charge in [0.15, 0.2) is 11.4 Å². The van der Waals surface area contributed by atoms with E-state index in [0.29, 0.717) is 12.1 Å². The number of hydrogen-bond donors (Lipinski definition) is 0. The van der Waals surface area contributed by atoms with Crippen molar-refractivity contribution in [1.82, 2.24) is 4.98 Å². The van der Waals surface area contributed by atoms with E-state index in [9.17, 15) is 22.4 Å². The Morgan fingerprint density at radius 2 is 2.00 bits per heavy atom. The first kappa shape index (κ1) is 11.7. The number of pyridine rings is 1. The molecule has 82 valence electrons. The molecule has 1 rings (SSSR count). The number of ether oxygens (including phenoxy) is 1. The molecule has 8 heteroatoms. The van der Waals surface area contributed by atoms with E-state index in [1.165, 1.54) is 0 Å². The van der Waals surface area contributed by atoms with Crippen molar-refractivity contribution in [2.75, 3.05) is 0 Å². The van der Waals surface area contributed by atoms with Crippen LogP contribution in [0.1, 0.15) is 10.5 Å². The monoisotopic (exact) mass is 243 g/mol. The molecule has 0 aliphatic carbocycles. The third-order valence-electron chi connectivity index (χ3n) is 1.24. The van der Waals surface area contributed by atoms with Gasteiger partial charge in [0.25, 0.3) is 5.24 Å². The van der Waals surface area contributed by atoms with E-state index in [2.05, 4.69) is 9.72 Å². The van der Waals surface area contributed by atoms with Crippen molar-refractivity contribution < 1.29 is 27.1 Å². The highest BCUT2D eigenvalue weighted by molar-refractivity contribution is 6.67. The second-order valence-corrected chi connectivity index (χ2v) is 2.65. The number of rotatable bonds is 2. The Balaban J connectivity index is 3.12. The fraction of sp³-hybridized carbons (Fsp3) is 0.143. The topological polar surface area (TPSA) is 39.2 Å². The van der Waals surface area contributed by atoms with E-state index < -0.39 is 29.0 Å². The van der Waals surface area contributed by atoms with Crippen LogP contribution in [0.2, 0.25) is 0 Å². The standard InChI is InChI=1S/C7H2ClF4NO2/c8-6(14)5-3(15-7(10,11)12)1-2-4(9)13-5/h1-2H. The largest absolute Gasteiger partial charge is 0.573 e. The summed E-state index contributed by atoms with van der Waals surface area (Å²) in [6, 6.07) is 1.23. The normalized spacial score (nSPS) is 11.3. The van der Waals surface area contributed by atoms with E-state index in [-0.39, 0.29) is 0 Å². The fourth-order valence-corrected chi connectivity index (χ4v) is 0.906. The van der Waals surface area contributed by atoms with Crippen LogP contribution in [0.25, 0.3) is 0 Å². The average molecular weight is 244 g/mol. The Kier molecular flexibility index (Phi) is 3.13. The van der Waals surface area contributed by atoms with Crippen LogP contribution in [0.5, 0.6) is 5.75 Å². The summed E-state index contributed by atoms with van der Waals surface area (Å²) < 4.78 is 51.3. The Labute approximate surface area is 85.6 Å². The molecule has 0 saturated heterocycles. The number of carbonyl (C=O) groups excluding carboxylic acids is 1. The van der Waals surface area contributed by atoms with Crippen LogP contribution in [-0.4, -0.2) is 16.6 Å². The van der Waals surface area contributed by atoms with E-state index in [1.807, 2.05) is 0 Å². The molecule has 0 spiro atoms. The molecule has 0 N–H and O–H groups in total. The van der Waals surface area contributed by atoms with Gasteiger partial charge < -0.3 is 4.74 Å². The Morgan fingerprint density at radius 1 is 1.40 bits per heavy atom. The minimum atomic E-state index is -5.00. The summed E-state index contributed by atoms with van der Waals surface area (Å²) in [4.78, 5) is 13.5. The smallest absolute Gasteiger partial charge is 0.403 e. The lowest BCUT2D eigenvalue weighted by Gasteiger charge is -2.10. The van der Waals surface area contributed by atoms with Crippen LogP contribution < -0.4 is 4.74 Å². The summed E-state index contributed by atoms with van der Waals surface area (Å²) in [5.74, 6) is -2.07. The molecule has 0 aliphatic heterocycles. The van der Waals surface area contributed by atoms with Gasteiger partial charge in [-0.3, -0.25) is 4.79 Å². The van der Waals surface area contributed by atoms with Gasteiger partial charge in [0, 0.05) is 0 Å². The van der Waals surface area contributed by atoms with Crippen LogP contribution in [-0.2, 0) is 0 Å². The molecule has 0 fully saturated rings.